The van der Waals surface area contributed by atoms with Crippen molar-refractivity contribution < 1.29 is 0 Å². The van der Waals surface area contributed by atoms with E-state index in [0.29, 0.717) is 23.9 Å². The minimum absolute atomic E-state index is 0.579. The second-order valence-electron chi connectivity index (χ2n) is 8.07. The molecule has 2 aliphatic carbocycles. The Bertz CT molecular complexity index is 751. The number of rotatable bonds is 2. The van der Waals surface area contributed by atoms with E-state index < -0.39 is 0 Å². The van der Waals surface area contributed by atoms with Gasteiger partial charge in [-0.2, -0.15) is 0 Å². The van der Waals surface area contributed by atoms with Gasteiger partial charge in [-0.3, -0.25) is 0 Å². The first-order valence-corrected chi connectivity index (χ1v) is 9.78. The van der Waals surface area contributed by atoms with E-state index in [4.69, 9.17) is 0 Å². The normalized spacial score (nSPS) is 29.3. The molecule has 0 saturated heterocycles. The van der Waals surface area contributed by atoms with Gasteiger partial charge in [-0.05, 0) is 36.8 Å². The van der Waals surface area contributed by atoms with E-state index in [1.807, 2.05) is 0 Å². The lowest BCUT2D eigenvalue weighted by Crippen LogP contribution is -2.48. The summed E-state index contributed by atoms with van der Waals surface area (Å²) in [4.78, 5) is 5.48. The molecule has 126 valence electrons. The van der Waals surface area contributed by atoms with Crippen molar-refractivity contribution in [1.82, 2.24) is 0 Å². The third-order valence-electron chi connectivity index (χ3n) is 6.86. The third-order valence-corrected chi connectivity index (χ3v) is 6.86. The minimum atomic E-state index is 0.579. The summed E-state index contributed by atoms with van der Waals surface area (Å²) in [6.45, 7) is 1.07. The van der Waals surface area contributed by atoms with Gasteiger partial charge in [-0.15, -0.1) is 0 Å². The zero-order chi connectivity index (χ0) is 16.4. The van der Waals surface area contributed by atoms with Gasteiger partial charge in [0, 0.05) is 23.9 Å². The van der Waals surface area contributed by atoms with Gasteiger partial charge in [0.1, 0.15) is 0 Å². The van der Waals surface area contributed by atoms with E-state index >= 15 is 0 Å². The SMILES string of the molecule is C1=CC([C@@H]2CCc3ccc4c5c3N2CN5[C@H](C2C=CC=C2)CC4)C=C1. The van der Waals surface area contributed by atoms with Crippen LogP contribution in [0.4, 0.5) is 11.4 Å². The highest BCUT2D eigenvalue weighted by Gasteiger charge is 2.44. The van der Waals surface area contributed by atoms with E-state index in [0.717, 1.165) is 6.67 Å². The van der Waals surface area contributed by atoms with Crippen LogP contribution in [0, 0.1) is 11.8 Å². The standard InChI is InChI=1S/C23H24N2/c1-2-6-16(5-1)20-13-11-18-9-10-19-12-14-21(17-7-3-4-8-17)25-15-24(20)22(18)23(19)25/h1-10,16-17,20-21H,11-15H2/t20-,21-/m0/s1. The van der Waals surface area contributed by atoms with E-state index in [1.165, 1.54) is 25.7 Å². The molecule has 0 aromatic heterocycles. The Labute approximate surface area is 149 Å². The van der Waals surface area contributed by atoms with Gasteiger partial charge in [0.2, 0.25) is 0 Å². The lowest BCUT2D eigenvalue weighted by Gasteiger charge is -2.39. The molecule has 0 N–H and O–H groups in total. The first-order chi connectivity index (χ1) is 12.4. The second-order valence-corrected chi connectivity index (χ2v) is 8.07. The molecule has 5 aliphatic rings. The van der Waals surface area contributed by atoms with Crippen LogP contribution in [0.1, 0.15) is 24.0 Å². The number of benzene rings is 1. The molecule has 6 rings (SSSR count). The van der Waals surface area contributed by atoms with Crippen LogP contribution in [0.5, 0.6) is 0 Å². The maximum Gasteiger partial charge on any atom is 0.0910 e. The zero-order valence-electron chi connectivity index (χ0n) is 14.5. The Morgan fingerprint density at radius 2 is 1.08 bits per heavy atom. The summed E-state index contributed by atoms with van der Waals surface area (Å²) >= 11 is 0. The summed E-state index contributed by atoms with van der Waals surface area (Å²) in [5.74, 6) is 1.16. The number of allylic oxidation sites excluding steroid dienone is 4. The lowest BCUT2D eigenvalue weighted by atomic mass is 9.85. The van der Waals surface area contributed by atoms with Gasteiger partial charge in [0.15, 0.2) is 0 Å². The fourth-order valence-electron chi connectivity index (χ4n) is 5.68. The van der Waals surface area contributed by atoms with Crippen LogP contribution < -0.4 is 9.80 Å². The first kappa shape index (κ1) is 14.0. The van der Waals surface area contributed by atoms with Gasteiger partial charge < -0.3 is 9.80 Å². The molecule has 0 fully saturated rings. The molecule has 2 nitrogen and oxygen atoms in total. The van der Waals surface area contributed by atoms with Gasteiger partial charge >= 0.3 is 0 Å². The van der Waals surface area contributed by atoms with Crippen molar-refractivity contribution >= 4 is 11.4 Å². The van der Waals surface area contributed by atoms with E-state index in [-0.39, 0.29) is 0 Å². The minimum Gasteiger partial charge on any atom is -0.348 e. The Kier molecular flexibility index (Phi) is 2.88. The van der Waals surface area contributed by atoms with Gasteiger partial charge in [0.25, 0.3) is 0 Å². The largest absolute Gasteiger partial charge is 0.348 e. The van der Waals surface area contributed by atoms with Crippen molar-refractivity contribution in [2.75, 3.05) is 16.5 Å². The molecule has 2 heteroatoms. The number of nitrogens with zero attached hydrogens (tertiary/aromatic N) is 2. The fourth-order valence-corrected chi connectivity index (χ4v) is 5.68. The van der Waals surface area contributed by atoms with Crippen molar-refractivity contribution in [3.8, 4) is 0 Å². The van der Waals surface area contributed by atoms with Crippen LogP contribution in [0.2, 0.25) is 0 Å². The second kappa shape index (κ2) is 5.14. The first-order valence-electron chi connectivity index (χ1n) is 9.78. The predicted molar refractivity (Wildman–Crippen MR) is 104 cm³/mol. The quantitative estimate of drug-likeness (QED) is 0.795. The highest BCUT2D eigenvalue weighted by molar-refractivity contribution is 5.85. The third kappa shape index (κ3) is 1.91. The molecule has 1 aromatic rings. The van der Waals surface area contributed by atoms with Crippen LogP contribution in [-0.4, -0.2) is 18.8 Å². The van der Waals surface area contributed by atoms with Gasteiger partial charge in [-0.25, -0.2) is 0 Å². The molecule has 3 heterocycles. The summed E-state index contributed by atoms with van der Waals surface area (Å²) in [5.41, 5.74) is 6.28. The zero-order valence-corrected chi connectivity index (χ0v) is 14.5. The molecule has 0 saturated carbocycles. The molecule has 0 spiro atoms. The lowest BCUT2D eigenvalue weighted by molar-refractivity contribution is 0.447. The van der Waals surface area contributed by atoms with Crippen molar-refractivity contribution in [3.63, 3.8) is 0 Å². The van der Waals surface area contributed by atoms with Crippen LogP contribution in [0.15, 0.2) is 60.7 Å². The van der Waals surface area contributed by atoms with Gasteiger partial charge in [0.05, 0.1) is 18.0 Å². The van der Waals surface area contributed by atoms with Crippen molar-refractivity contribution in [3.05, 3.63) is 71.9 Å². The highest BCUT2D eigenvalue weighted by atomic mass is 15.4. The number of anilines is 2. The van der Waals surface area contributed by atoms with Crippen LogP contribution in [-0.2, 0) is 12.8 Å². The molecule has 0 unspecified atom stereocenters. The van der Waals surface area contributed by atoms with Crippen molar-refractivity contribution in [1.29, 1.82) is 0 Å². The van der Waals surface area contributed by atoms with Crippen LogP contribution in [0.3, 0.4) is 0 Å². The molecule has 0 amide bonds. The summed E-state index contributed by atoms with van der Waals surface area (Å²) in [5, 5.41) is 0. The van der Waals surface area contributed by atoms with Crippen molar-refractivity contribution in [2.45, 2.75) is 37.8 Å². The summed E-state index contributed by atoms with van der Waals surface area (Å²) in [7, 11) is 0. The van der Waals surface area contributed by atoms with E-state index in [1.54, 1.807) is 22.5 Å². The smallest absolute Gasteiger partial charge is 0.0910 e. The molecule has 3 aliphatic heterocycles. The van der Waals surface area contributed by atoms with E-state index in [2.05, 4.69) is 70.5 Å². The number of hydrogen-bond acceptors (Lipinski definition) is 2. The maximum atomic E-state index is 2.74. The molecule has 1 aromatic carbocycles. The number of aryl methyl sites for hydroxylation is 2. The van der Waals surface area contributed by atoms with Crippen LogP contribution >= 0.6 is 0 Å². The molecular weight excluding hydrogens is 304 g/mol. The summed E-state index contributed by atoms with van der Waals surface area (Å²) in [6, 6.07) is 6.07. The molecule has 0 radical (unpaired) electrons. The Balaban J connectivity index is 1.45. The molecule has 25 heavy (non-hydrogen) atoms. The Hall–Kier alpha value is -2.22. The average molecular weight is 328 g/mol. The molecular formula is C23H24N2. The Morgan fingerprint density at radius 3 is 1.52 bits per heavy atom. The maximum absolute atomic E-state index is 2.74. The topological polar surface area (TPSA) is 6.48 Å². The van der Waals surface area contributed by atoms with Gasteiger partial charge in [-0.1, -0.05) is 60.7 Å². The number of hydrogen-bond donors (Lipinski definition) is 0. The average Bonchev–Trinajstić information content (AvgIpc) is 3.39. The summed E-state index contributed by atoms with van der Waals surface area (Å²) < 4.78 is 0. The highest BCUT2D eigenvalue weighted by Crippen LogP contribution is 2.51. The molecule has 0 bridgehead atoms. The van der Waals surface area contributed by atoms with E-state index in [9.17, 15) is 0 Å². The molecule has 2 atom stereocenters. The monoisotopic (exact) mass is 328 g/mol. The predicted octanol–water partition coefficient (Wildman–Crippen LogP) is 4.38. The Morgan fingerprint density at radius 1 is 0.640 bits per heavy atom. The van der Waals surface area contributed by atoms with Crippen LogP contribution in [0.25, 0.3) is 0 Å². The summed E-state index contributed by atoms with van der Waals surface area (Å²) in [6.07, 6.45) is 23.4. The fraction of sp³-hybridized carbons (Fsp3) is 0.391. The van der Waals surface area contributed by atoms with Crippen molar-refractivity contribution in [2.24, 2.45) is 11.8 Å².